The highest BCUT2D eigenvalue weighted by atomic mass is 17.3. The number of hydrogen-bond donors (Lipinski definition) is 0. The maximum atomic E-state index is 6.18. The zero-order chi connectivity index (χ0) is 17.1. The second-order valence-electron chi connectivity index (χ2n) is 6.34. The van der Waals surface area contributed by atoms with E-state index in [1.54, 1.807) is 0 Å². The molecule has 126 valence electrons. The van der Waals surface area contributed by atoms with Crippen LogP contribution in [0.3, 0.4) is 0 Å². The largest absolute Gasteiger partial charge is 0.312 e. The van der Waals surface area contributed by atoms with Crippen molar-refractivity contribution in [3.63, 3.8) is 0 Å². The minimum absolute atomic E-state index is 0.494. The van der Waals surface area contributed by atoms with Gasteiger partial charge in [-0.3, -0.25) is 0 Å². The zero-order valence-corrected chi connectivity index (χ0v) is 14.0. The maximum Gasteiger partial charge on any atom is 0.220 e. The van der Waals surface area contributed by atoms with Gasteiger partial charge in [-0.2, -0.15) is 9.78 Å². The van der Waals surface area contributed by atoms with Crippen LogP contribution in [0, 0.1) is 0 Å². The summed E-state index contributed by atoms with van der Waals surface area (Å²) in [6, 6.07) is 30.3. The molecule has 3 heteroatoms. The van der Waals surface area contributed by atoms with Crippen LogP contribution in [0.5, 0.6) is 0 Å². The van der Waals surface area contributed by atoms with E-state index in [1.165, 1.54) is 0 Å². The second-order valence-corrected chi connectivity index (χ2v) is 6.34. The number of ether oxygens (including phenoxy) is 1. The lowest BCUT2D eigenvalue weighted by molar-refractivity contribution is -0.305. The molecule has 3 aromatic rings. The third-order valence-corrected chi connectivity index (χ3v) is 4.77. The van der Waals surface area contributed by atoms with Gasteiger partial charge in [0, 0.05) is 5.56 Å². The Bertz CT molecular complexity index is 763. The average Bonchev–Trinajstić information content (AvgIpc) is 3.20. The Labute approximate surface area is 147 Å². The lowest BCUT2D eigenvalue weighted by atomic mass is 9.75. The van der Waals surface area contributed by atoms with Crippen LogP contribution in [-0.4, -0.2) is 6.29 Å². The van der Waals surface area contributed by atoms with Crippen molar-refractivity contribution in [1.29, 1.82) is 0 Å². The first-order valence-electron chi connectivity index (χ1n) is 8.42. The van der Waals surface area contributed by atoms with E-state index in [2.05, 4.69) is 31.2 Å². The molecule has 0 aliphatic carbocycles. The second kappa shape index (κ2) is 6.81. The average molecular weight is 332 g/mol. The molecule has 1 heterocycles. The predicted molar refractivity (Wildman–Crippen MR) is 95.6 cm³/mol. The van der Waals surface area contributed by atoms with Crippen LogP contribution < -0.4 is 0 Å². The fourth-order valence-electron chi connectivity index (χ4n) is 3.24. The highest BCUT2D eigenvalue weighted by molar-refractivity contribution is 5.39. The van der Waals surface area contributed by atoms with Gasteiger partial charge < -0.3 is 4.74 Å². The first kappa shape index (κ1) is 16.0. The van der Waals surface area contributed by atoms with Gasteiger partial charge in [0.05, 0.1) is 5.41 Å². The summed E-state index contributed by atoms with van der Waals surface area (Å²) < 4.78 is 6.18. The molecule has 0 spiro atoms. The molecule has 0 bridgehead atoms. The molecule has 2 unspecified atom stereocenters. The minimum atomic E-state index is -0.553. The van der Waals surface area contributed by atoms with Gasteiger partial charge in [-0.05, 0) is 18.1 Å². The highest BCUT2D eigenvalue weighted by Gasteiger charge is 2.46. The smallest absolute Gasteiger partial charge is 0.220 e. The van der Waals surface area contributed by atoms with Crippen molar-refractivity contribution in [2.45, 2.75) is 24.9 Å². The lowest BCUT2D eigenvalue weighted by Gasteiger charge is -2.33. The van der Waals surface area contributed by atoms with Crippen molar-refractivity contribution in [3.8, 4) is 0 Å². The van der Waals surface area contributed by atoms with Crippen LogP contribution in [-0.2, 0) is 19.9 Å². The Morgan fingerprint density at radius 1 is 0.640 bits per heavy atom. The molecule has 1 aliphatic rings. The summed E-state index contributed by atoms with van der Waals surface area (Å²) in [6.07, 6.45) is -1.08. The van der Waals surface area contributed by atoms with E-state index in [9.17, 15) is 0 Å². The van der Waals surface area contributed by atoms with Crippen LogP contribution in [0.15, 0.2) is 91.0 Å². The van der Waals surface area contributed by atoms with Gasteiger partial charge in [0.15, 0.2) is 0 Å². The lowest BCUT2D eigenvalue weighted by Crippen LogP contribution is -2.38. The summed E-state index contributed by atoms with van der Waals surface area (Å²) in [7, 11) is 0. The first-order valence-corrected chi connectivity index (χ1v) is 8.42. The molecular weight excluding hydrogens is 312 g/mol. The Kier molecular flexibility index (Phi) is 4.36. The van der Waals surface area contributed by atoms with Crippen LogP contribution in [0.25, 0.3) is 0 Å². The Hall–Kier alpha value is -2.46. The molecule has 0 radical (unpaired) electrons. The zero-order valence-electron chi connectivity index (χ0n) is 14.0. The van der Waals surface area contributed by atoms with Crippen LogP contribution in [0.4, 0.5) is 0 Å². The third-order valence-electron chi connectivity index (χ3n) is 4.77. The van der Waals surface area contributed by atoms with Crippen molar-refractivity contribution in [2.24, 2.45) is 0 Å². The number of benzene rings is 3. The SMILES string of the molecule is CC(c1ccccc1)(c1ccccc1)C1OOC(c2ccccc2)O1. The summed E-state index contributed by atoms with van der Waals surface area (Å²) in [6.45, 7) is 2.12. The van der Waals surface area contributed by atoms with Gasteiger partial charge in [-0.25, -0.2) is 0 Å². The standard InChI is InChI=1S/C22H20O3/c1-22(18-13-7-3-8-14-18,19-15-9-4-10-16-19)21-23-20(24-25-21)17-11-5-2-6-12-17/h2-16,20-21H,1H3. The fraction of sp³-hybridized carbons (Fsp3) is 0.182. The van der Waals surface area contributed by atoms with Gasteiger partial charge in [-0.1, -0.05) is 91.0 Å². The van der Waals surface area contributed by atoms with Gasteiger partial charge >= 0.3 is 0 Å². The topological polar surface area (TPSA) is 27.7 Å². The minimum Gasteiger partial charge on any atom is -0.312 e. The van der Waals surface area contributed by atoms with E-state index in [-0.39, 0.29) is 0 Å². The summed E-state index contributed by atoms with van der Waals surface area (Å²) >= 11 is 0. The highest BCUT2D eigenvalue weighted by Crippen LogP contribution is 2.43. The molecule has 1 fully saturated rings. The van der Waals surface area contributed by atoms with Crippen molar-refractivity contribution < 1.29 is 14.5 Å². The number of hydrogen-bond acceptors (Lipinski definition) is 3. The van der Waals surface area contributed by atoms with Crippen molar-refractivity contribution >= 4 is 0 Å². The maximum absolute atomic E-state index is 6.18. The first-order chi connectivity index (χ1) is 12.3. The monoisotopic (exact) mass is 332 g/mol. The van der Waals surface area contributed by atoms with Crippen molar-refractivity contribution in [2.75, 3.05) is 0 Å². The van der Waals surface area contributed by atoms with E-state index >= 15 is 0 Å². The molecule has 0 N–H and O–H groups in total. The van der Waals surface area contributed by atoms with Gasteiger partial charge in [-0.15, -0.1) is 0 Å². The van der Waals surface area contributed by atoms with Gasteiger partial charge in [0.2, 0.25) is 12.6 Å². The summed E-state index contributed by atoms with van der Waals surface area (Å²) in [5.41, 5.74) is 2.67. The van der Waals surface area contributed by atoms with Crippen LogP contribution in [0.2, 0.25) is 0 Å². The Balaban J connectivity index is 1.71. The molecule has 0 saturated carbocycles. The molecule has 25 heavy (non-hydrogen) atoms. The summed E-state index contributed by atoms with van der Waals surface area (Å²) in [4.78, 5) is 11.2. The molecule has 2 atom stereocenters. The number of rotatable bonds is 4. The normalized spacial score (nSPS) is 20.5. The molecule has 3 aromatic carbocycles. The molecule has 1 aliphatic heterocycles. The molecule has 0 aromatic heterocycles. The summed E-state index contributed by atoms with van der Waals surface area (Å²) in [5, 5.41) is 0. The van der Waals surface area contributed by atoms with E-state index in [4.69, 9.17) is 14.5 Å². The van der Waals surface area contributed by atoms with E-state index < -0.39 is 18.0 Å². The quantitative estimate of drug-likeness (QED) is 0.630. The molecular formula is C22H20O3. The molecule has 4 rings (SSSR count). The van der Waals surface area contributed by atoms with E-state index in [1.807, 2.05) is 66.7 Å². The molecule has 3 nitrogen and oxygen atoms in total. The van der Waals surface area contributed by atoms with E-state index in [0.29, 0.717) is 0 Å². The van der Waals surface area contributed by atoms with E-state index in [0.717, 1.165) is 16.7 Å². The molecule has 1 saturated heterocycles. The third kappa shape index (κ3) is 2.98. The van der Waals surface area contributed by atoms with Crippen LogP contribution in [0.1, 0.15) is 29.9 Å². The van der Waals surface area contributed by atoms with Crippen molar-refractivity contribution in [3.05, 3.63) is 108 Å². The Morgan fingerprint density at radius 3 is 1.64 bits per heavy atom. The predicted octanol–water partition coefficient (Wildman–Crippen LogP) is 5.00. The van der Waals surface area contributed by atoms with Crippen LogP contribution >= 0.6 is 0 Å². The fourth-order valence-corrected chi connectivity index (χ4v) is 3.24. The van der Waals surface area contributed by atoms with Gasteiger partial charge in [0.25, 0.3) is 0 Å². The van der Waals surface area contributed by atoms with Gasteiger partial charge in [0.1, 0.15) is 0 Å². The van der Waals surface area contributed by atoms with Crippen molar-refractivity contribution in [1.82, 2.24) is 0 Å². The Morgan fingerprint density at radius 2 is 1.12 bits per heavy atom. The summed E-state index contributed by atoms with van der Waals surface area (Å²) in [5.74, 6) is 0. The molecule has 0 amide bonds.